The lowest BCUT2D eigenvalue weighted by Crippen LogP contribution is -2.15. The number of aryl methyl sites for hydroxylation is 2. The molecule has 0 bridgehead atoms. The summed E-state index contributed by atoms with van der Waals surface area (Å²) in [5.41, 5.74) is 3.96. The molecule has 8 nitrogen and oxygen atoms in total. The SMILES string of the molecule is Cc1n[nH]c(C)c1NS(=O)(=O)c1ccnc(NN)c1. The maximum Gasteiger partial charge on any atom is 0.262 e. The Kier molecular flexibility index (Phi) is 3.40. The average molecular weight is 282 g/mol. The van der Waals surface area contributed by atoms with Gasteiger partial charge in [-0.15, -0.1) is 0 Å². The molecule has 9 heteroatoms. The summed E-state index contributed by atoms with van der Waals surface area (Å²) >= 11 is 0. The second-order valence-corrected chi connectivity index (χ2v) is 5.62. The summed E-state index contributed by atoms with van der Waals surface area (Å²) in [6.07, 6.45) is 1.36. The summed E-state index contributed by atoms with van der Waals surface area (Å²) in [7, 11) is -3.71. The fourth-order valence-electron chi connectivity index (χ4n) is 1.55. The summed E-state index contributed by atoms with van der Waals surface area (Å²) in [6, 6.07) is 2.72. The van der Waals surface area contributed by atoms with Gasteiger partial charge in [-0.05, 0) is 19.9 Å². The number of anilines is 2. The molecule has 19 heavy (non-hydrogen) atoms. The van der Waals surface area contributed by atoms with Crippen molar-refractivity contribution in [2.75, 3.05) is 10.1 Å². The predicted molar refractivity (Wildman–Crippen MR) is 70.9 cm³/mol. The minimum Gasteiger partial charge on any atom is -0.308 e. The molecule has 0 aliphatic heterocycles. The van der Waals surface area contributed by atoms with Crippen molar-refractivity contribution in [2.45, 2.75) is 18.7 Å². The molecule has 0 saturated heterocycles. The third-order valence-corrected chi connectivity index (χ3v) is 3.90. The topological polar surface area (TPSA) is 126 Å². The number of H-pyrrole nitrogens is 1. The first kappa shape index (κ1) is 13.3. The minimum atomic E-state index is -3.71. The second kappa shape index (κ2) is 4.86. The Morgan fingerprint density at radius 1 is 1.37 bits per heavy atom. The fourth-order valence-corrected chi connectivity index (χ4v) is 2.75. The molecule has 102 valence electrons. The van der Waals surface area contributed by atoms with Crippen molar-refractivity contribution in [3.05, 3.63) is 29.7 Å². The molecule has 5 N–H and O–H groups in total. The Morgan fingerprint density at radius 2 is 2.11 bits per heavy atom. The number of sulfonamides is 1. The van der Waals surface area contributed by atoms with Crippen molar-refractivity contribution in [1.29, 1.82) is 0 Å². The summed E-state index contributed by atoms with van der Waals surface area (Å²) < 4.78 is 26.9. The Morgan fingerprint density at radius 3 is 2.68 bits per heavy atom. The van der Waals surface area contributed by atoms with Crippen molar-refractivity contribution in [3.63, 3.8) is 0 Å². The standard InChI is InChI=1S/C10H14N6O2S/c1-6-10(7(2)15-14-6)16-19(17,18)8-3-4-12-9(5-8)13-11/h3-5,16H,11H2,1-2H3,(H,12,13)(H,14,15). The van der Waals surface area contributed by atoms with Gasteiger partial charge < -0.3 is 5.43 Å². The number of hydrazine groups is 1. The Hall–Kier alpha value is -2.13. The van der Waals surface area contributed by atoms with Crippen molar-refractivity contribution >= 4 is 21.5 Å². The van der Waals surface area contributed by atoms with E-state index >= 15 is 0 Å². The first-order chi connectivity index (χ1) is 8.94. The van der Waals surface area contributed by atoms with Crippen LogP contribution >= 0.6 is 0 Å². The average Bonchev–Trinajstić information content (AvgIpc) is 2.70. The maximum absolute atomic E-state index is 12.2. The van der Waals surface area contributed by atoms with E-state index in [0.29, 0.717) is 17.1 Å². The van der Waals surface area contributed by atoms with Crippen molar-refractivity contribution in [1.82, 2.24) is 15.2 Å². The van der Waals surface area contributed by atoms with Crippen molar-refractivity contribution in [2.24, 2.45) is 5.84 Å². The Bertz CT molecular complexity index is 674. The molecule has 0 spiro atoms. The predicted octanol–water partition coefficient (Wildman–Crippen LogP) is 0.508. The molecule has 0 radical (unpaired) electrons. The van der Waals surface area contributed by atoms with E-state index in [1.54, 1.807) is 13.8 Å². The lowest BCUT2D eigenvalue weighted by Gasteiger charge is -2.09. The van der Waals surface area contributed by atoms with Gasteiger partial charge in [0, 0.05) is 12.3 Å². The molecule has 0 aliphatic carbocycles. The zero-order valence-corrected chi connectivity index (χ0v) is 11.2. The van der Waals surface area contributed by atoms with Gasteiger partial charge in [0.25, 0.3) is 10.0 Å². The van der Waals surface area contributed by atoms with E-state index in [0.717, 1.165) is 0 Å². The molecule has 0 fully saturated rings. The number of aromatic nitrogens is 3. The van der Waals surface area contributed by atoms with Gasteiger partial charge in [0.2, 0.25) is 0 Å². The summed E-state index contributed by atoms with van der Waals surface area (Å²) in [5.74, 6) is 5.47. The summed E-state index contributed by atoms with van der Waals surface area (Å²) in [6.45, 7) is 3.44. The number of hydrogen-bond donors (Lipinski definition) is 4. The molecule has 0 saturated carbocycles. The van der Waals surface area contributed by atoms with E-state index in [-0.39, 0.29) is 10.7 Å². The van der Waals surface area contributed by atoms with E-state index in [1.807, 2.05) is 0 Å². The van der Waals surface area contributed by atoms with Gasteiger partial charge in [0.15, 0.2) is 0 Å². The van der Waals surface area contributed by atoms with Crippen LogP contribution in [0.3, 0.4) is 0 Å². The van der Waals surface area contributed by atoms with Crippen LogP contribution in [0.15, 0.2) is 23.2 Å². The highest BCUT2D eigenvalue weighted by atomic mass is 32.2. The van der Waals surface area contributed by atoms with Crippen LogP contribution in [0.1, 0.15) is 11.4 Å². The Labute approximate surface area is 110 Å². The minimum absolute atomic E-state index is 0.0652. The number of hydrogen-bond acceptors (Lipinski definition) is 6. The smallest absolute Gasteiger partial charge is 0.262 e. The van der Waals surface area contributed by atoms with E-state index in [4.69, 9.17) is 5.84 Å². The highest BCUT2D eigenvalue weighted by molar-refractivity contribution is 7.92. The van der Waals surface area contributed by atoms with Gasteiger partial charge in [0.05, 0.1) is 22.0 Å². The van der Waals surface area contributed by atoms with Crippen LogP contribution in [0.25, 0.3) is 0 Å². The lowest BCUT2D eigenvalue weighted by atomic mass is 10.3. The van der Waals surface area contributed by atoms with E-state index in [2.05, 4.69) is 25.3 Å². The molecule has 0 amide bonds. The number of nitrogens with two attached hydrogens (primary N) is 1. The first-order valence-electron chi connectivity index (χ1n) is 5.41. The molecule has 2 heterocycles. The number of pyridine rings is 1. The van der Waals surface area contributed by atoms with Crippen LogP contribution in [-0.4, -0.2) is 23.6 Å². The van der Waals surface area contributed by atoms with Crippen LogP contribution in [0, 0.1) is 13.8 Å². The quantitative estimate of drug-likeness (QED) is 0.478. The van der Waals surface area contributed by atoms with Gasteiger partial charge >= 0.3 is 0 Å². The molecular weight excluding hydrogens is 268 g/mol. The van der Waals surface area contributed by atoms with Crippen molar-refractivity contribution in [3.8, 4) is 0 Å². The zero-order chi connectivity index (χ0) is 14.0. The van der Waals surface area contributed by atoms with Crippen LogP contribution in [0.4, 0.5) is 11.5 Å². The van der Waals surface area contributed by atoms with Gasteiger partial charge in [-0.3, -0.25) is 9.82 Å². The summed E-state index contributed by atoms with van der Waals surface area (Å²) in [5, 5.41) is 6.64. The number of nitrogens with zero attached hydrogens (tertiary/aromatic N) is 2. The highest BCUT2D eigenvalue weighted by Gasteiger charge is 2.18. The number of nitrogen functional groups attached to an aromatic ring is 1. The molecule has 0 unspecified atom stereocenters. The van der Waals surface area contributed by atoms with Crippen molar-refractivity contribution < 1.29 is 8.42 Å². The van der Waals surface area contributed by atoms with Crippen LogP contribution in [0.5, 0.6) is 0 Å². The summed E-state index contributed by atoms with van der Waals surface area (Å²) in [4.78, 5) is 3.92. The van der Waals surface area contributed by atoms with Crippen LogP contribution < -0.4 is 16.0 Å². The lowest BCUT2D eigenvalue weighted by molar-refractivity contribution is 0.601. The molecule has 0 aromatic carbocycles. The van der Waals surface area contributed by atoms with E-state index in [9.17, 15) is 8.42 Å². The molecule has 2 aromatic heterocycles. The molecule has 2 rings (SSSR count). The number of rotatable bonds is 4. The third kappa shape index (κ3) is 2.66. The number of nitrogens with one attached hydrogen (secondary N) is 3. The van der Waals surface area contributed by atoms with E-state index < -0.39 is 10.0 Å². The number of aromatic amines is 1. The van der Waals surface area contributed by atoms with Crippen LogP contribution in [-0.2, 0) is 10.0 Å². The zero-order valence-electron chi connectivity index (χ0n) is 10.4. The van der Waals surface area contributed by atoms with Gasteiger partial charge in [-0.1, -0.05) is 0 Å². The monoisotopic (exact) mass is 282 g/mol. The first-order valence-corrected chi connectivity index (χ1v) is 6.89. The van der Waals surface area contributed by atoms with E-state index in [1.165, 1.54) is 18.3 Å². The van der Waals surface area contributed by atoms with Crippen LogP contribution in [0.2, 0.25) is 0 Å². The highest BCUT2D eigenvalue weighted by Crippen LogP contribution is 2.21. The largest absolute Gasteiger partial charge is 0.308 e. The molecule has 2 aromatic rings. The second-order valence-electron chi connectivity index (χ2n) is 3.94. The maximum atomic E-state index is 12.2. The van der Waals surface area contributed by atoms with Gasteiger partial charge in [0.1, 0.15) is 5.82 Å². The fraction of sp³-hybridized carbons (Fsp3) is 0.200. The van der Waals surface area contributed by atoms with Gasteiger partial charge in [-0.25, -0.2) is 19.2 Å². The normalized spacial score (nSPS) is 11.3. The Balaban J connectivity index is 2.38. The molecule has 0 atom stereocenters. The third-order valence-electron chi connectivity index (χ3n) is 2.55. The molecular formula is C10H14N6O2S. The van der Waals surface area contributed by atoms with Gasteiger partial charge in [-0.2, -0.15) is 5.10 Å². The molecule has 0 aliphatic rings.